The minimum atomic E-state index is -0.329. The zero-order valence-electron chi connectivity index (χ0n) is 19.8. The van der Waals surface area contributed by atoms with Crippen LogP contribution in [0.3, 0.4) is 0 Å². The first-order valence-corrected chi connectivity index (χ1v) is 11.3. The maximum absolute atomic E-state index is 12.8. The molecule has 1 aliphatic heterocycles. The summed E-state index contributed by atoms with van der Waals surface area (Å²) < 4.78 is 0. The van der Waals surface area contributed by atoms with Crippen LogP contribution in [0.1, 0.15) is 63.2 Å². The summed E-state index contributed by atoms with van der Waals surface area (Å²) in [6.45, 7) is 7.25. The van der Waals surface area contributed by atoms with Gasteiger partial charge in [-0.05, 0) is 46.9 Å². The molecule has 3 N–H and O–H groups in total. The summed E-state index contributed by atoms with van der Waals surface area (Å²) >= 11 is 0. The molecular weight excluding hydrogens is 406 g/mol. The van der Waals surface area contributed by atoms with Gasteiger partial charge in [0.05, 0.1) is 11.1 Å². The zero-order chi connectivity index (χ0) is 23.5. The molecule has 0 bridgehead atoms. The normalized spacial score (nSPS) is 16.1. The van der Waals surface area contributed by atoms with Crippen molar-refractivity contribution >= 4 is 34.5 Å². The Bertz CT molecular complexity index is 988. The number of amides is 1. The molecule has 0 aromatic carbocycles. The summed E-state index contributed by atoms with van der Waals surface area (Å²) in [5.74, 6) is 0.751. The van der Waals surface area contributed by atoms with Gasteiger partial charge in [0, 0.05) is 37.3 Å². The summed E-state index contributed by atoms with van der Waals surface area (Å²) in [5, 5.41) is 3.49. The van der Waals surface area contributed by atoms with Crippen molar-refractivity contribution in [3.8, 4) is 0 Å². The van der Waals surface area contributed by atoms with E-state index in [4.69, 9.17) is 5.73 Å². The van der Waals surface area contributed by atoms with Gasteiger partial charge in [-0.15, -0.1) is 0 Å². The molecule has 3 heterocycles. The molecule has 1 aliphatic rings. The number of unbranched alkanes of at least 4 members (excludes halogenated alkanes) is 1. The molecule has 32 heavy (non-hydrogen) atoms. The van der Waals surface area contributed by atoms with Crippen molar-refractivity contribution in [1.29, 1.82) is 0 Å². The van der Waals surface area contributed by atoms with Crippen molar-refractivity contribution in [2.75, 3.05) is 38.2 Å². The number of ketones is 1. The molecule has 1 amide bonds. The standard InChI is InChI=1S/C23H35N7O2/c1-6-7-9-23(3,10-8-15(2)31)28-20-19-18(26-22(24)27-20)11-16(12-25-19)21(32)30-13-17(14-30)29(4)5/h11-12,17H,6-10,13-14H2,1-5H3,(H3,24,26,27,28)/t23-/m1/s1. The second kappa shape index (κ2) is 9.77. The lowest BCUT2D eigenvalue weighted by molar-refractivity contribution is -0.117. The highest BCUT2D eigenvalue weighted by Crippen LogP contribution is 2.29. The van der Waals surface area contributed by atoms with Gasteiger partial charge in [0.1, 0.15) is 11.3 Å². The third-order valence-electron chi connectivity index (χ3n) is 6.21. The lowest BCUT2D eigenvalue weighted by Gasteiger charge is -2.42. The van der Waals surface area contributed by atoms with Gasteiger partial charge in [-0.25, -0.2) is 9.97 Å². The second-order valence-electron chi connectivity index (χ2n) is 9.34. The summed E-state index contributed by atoms with van der Waals surface area (Å²) in [6.07, 6.45) is 5.72. The van der Waals surface area contributed by atoms with Gasteiger partial charge in [0.2, 0.25) is 5.95 Å². The Hall–Kier alpha value is -2.81. The fourth-order valence-corrected chi connectivity index (χ4v) is 3.93. The summed E-state index contributed by atoms with van der Waals surface area (Å²) in [5.41, 5.74) is 7.25. The fourth-order valence-electron chi connectivity index (χ4n) is 3.93. The molecule has 0 unspecified atom stereocenters. The number of nitrogen functional groups attached to an aromatic ring is 1. The Morgan fingerprint density at radius 2 is 2.00 bits per heavy atom. The molecule has 0 spiro atoms. The molecule has 9 nitrogen and oxygen atoms in total. The minimum Gasteiger partial charge on any atom is -0.368 e. The topological polar surface area (TPSA) is 117 Å². The van der Waals surface area contributed by atoms with E-state index in [-0.39, 0.29) is 23.2 Å². The van der Waals surface area contributed by atoms with Crippen LogP contribution in [0.25, 0.3) is 11.0 Å². The number of likely N-dealkylation sites (tertiary alicyclic amines) is 1. The molecule has 0 saturated carbocycles. The molecular formula is C23H35N7O2. The van der Waals surface area contributed by atoms with Crippen molar-refractivity contribution in [2.45, 2.75) is 64.5 Å². The number of Topliss-reactive ketones (excluding diaryl/α,β-unsaturated/α-hetero) is 1. The number of pyridine rings is 1. The Balaban J connectivity index is 1.86. The predicted octanol–water partition coefficient (Wildman–Crippen LogP) is 2.72. The number of fused-ring (bicyclic) bond motifs is 1. The van der Waals surface area contributed by atoms with Crippen LogP contribution in [0.2, 0.25) is 0 Å². The summed E-state index contributed by atoms with van der Waals surface area (Å²) in [6, 6.07) is 2.12. The number of nitrogens with zero attached hydrogens (tertiary/aromatic N) is 5. The van der Waals surface area contributed by atoms with Crippen LogP contribution >= 0.6 is 0 Å². The number of hydrogen-bond donors (Lipinski definition) is 2. The molecule has 2 aromatic rings. The molecule has 9 heteroatoms. The molecule has 3 rings (SSSR count). The number of rotatable bonds is 10. The van der Waals surface area contributed by atoms with E-state index >= 15 is 0 Å². The number of nitrogens with one attached hydrogen (secondary N) is 1. The monoisotopic (exact) mass is 441 g/mol. The number of carbonyl (C=O) groups is 2. The van der Waals surface area contributed by atoms with Crippen molar-refractivity contribution in [3.05, 3.63) is 17.8 Å². The Labute approximate surface area is 189 Å². The number of hydrogen-bond acceptors (Lipinski definition) is 8. The largest absolute Gasteiger partial charge is 0.368 e. The van der Waals surface area contributed by atoms with Gasteiger partial charge < -0.3 is 25.6 Å². The van der Waals surface area contributed by atoms with E-state index in [1.807, 2.05) is 14.1 Å². The van der Waals surface area contributed by atoms with Gasteiger partial charge >= 0.3 is 0 Å². The highest BCUT2D eigenvalue weighted by molar-refractivity contribution is 5.98. The van der Waals surface area contributed by atoms with Crippen molar-refractivity contribution in [3.63, 3.8) is 0 Å². The number of anilines is 2. The molecule has 174 valence electrons. The van der Waals surface area contributed by atoms with Crippen LogP contribution in [-0.2, 0) is 4.79 Å². The highest BCUT2D eigenvalue weighted by Gasteiger charge is 2.33. The first-order valence-electron chi connectivity index (χ1n) is 11.3. The summed E-state index contributed by atoms with van der Waals surface area (Å²) in [4.78, 5) is 41.6. The highest BCUT2D eigenvalue weighted by atomic mass is 16.2. The first kappa shape index (κ1) is 23.8. The van der Waals surface area contributed by atoms with Gasteiger partial charge in [-0.2, -0.15) is 4.98 Å². The van der Waals surface area contributed by atoms with Crippen molar-refractivity contribution in [1.82, 2.24) is 24.8 Å². The van der Waals surface area contributed by atoms with Crippen LogP contribution in [-0.4, -0.2) is 75.2 Å². The van der Waals surface area contributed by atoms with Crippen molar-refractivity contribution < 1.29 is 9.59 Å². The van der Waals surface area contributed by atoms with Crippen LogP contribution in [0.4, 0.5) is 11.8 Å². The molecule has 1 fully saturated rings. The van der Waals surface area contributed by atoms with E-state index < -0.39 is 0 Å². The molecule has 1 atom stereocenters. The average molecular weight is 442 g/mol. The zero-order valence-corrected chi connectivity index (χ0v) is 19.8. The van der Waals surface area contributed by atoms with Gasteiger partial charge in [-0.1, -0.05) is 19.8 Å². The van der Waals surface area contributed by atoms with E-state index in [9.17, 15) is 9.59 Å². The maximum atomic E-state index is 12.8. The maximum Gasteiger partial charge on any atom is 0.255 e. The van der Waals surface area contributed by atoms with Crippen LogP contribution in [0.5, 0.6) is 0 Å². The summed E-state index contributed by atoms with van der Waals surface area (Å²) in [7, 11) is 4.03. The fraction of sp³-hybridized carbons (Fsp3) is 0.609. The Kier molecular flexibility index (Phi) is 7.28. The van der Waals surface area contributed by atoms with E-state index in [2.05, 4.69) is 39.0 Å². The molecule has 0 aliphatic carbocycles. The van der Waals surface area contributed by atoms with Crippen molar-refractivity contribution in [2.24, 2.45) is 0 Å². The van der Waals surface area contributed by atoms with Gasteiger partial charge in [0.15, 0.2) is 5.82 Å². The average Bonchev–Trinajstić information content (AvgIpc) is 2.69. The van der Waals surface area contributed by atoms with Crippen LogP contribution < -0.4 is 11.1 Å². The predicted molar refractivity (Wildman–Crippen MR) is 127 cm³/mol. The second-order valence-corrected chi connectivity index (χ2v) is 9.34. The first-order chi connectivity index (χ1) is 15.1. The van der Waals surface area contributed by atoms with E-state index in [0.717, 1.165) is 19.3 Å². The van der Waals surface area contributed by atoms with Crippen LogP contribution in [0.15, 0.2) is 12.3 Å². The quantitative estimate of drug-likeness (QED) is 0.578. The number of nitrogens with two attached hydrogens (primary N) is 1. The Morgan fingerprint density at radius 3 is 2.62 bits per heavy atom. The molecule has 0 radical (unpaired) electrons. The number of carbonyl (C=O) groups excluding carboxylic acids is 2. The lowest BCUT2D eigenvalue weighted by atomic mass is 9.89. The van der Waals surface area contributed by atoms with Crippen LogP contribution in [0, 0.1) is 0 Å². The van der Waals surface area contributed by atoms with Gasteiger partial charge in [-0.3, -0.25) is 4.79 Å². The van der Waals surface area contributed by atoms with E-state index in [1.165, 1.54) is 0 Å². The smallest absolute Gasteiger partial charge is 0.255 e. The minimum absolute atomic E-state index is 0.0570. The SMILES string of the molecule is CCCC[C@](C)(CCC(C)=O)Nc1nc(N)nc2cc(C(=O)N3CC(N(C)C)C3)cnc12. The van der Waals surface area contributed by atoms with E-state index in [0.29, 0.717) is 54.4 Å². The molecule has 1 saturated heterocycles. The lowest BCUT2D eigenvalue weighted by Crippen LogP contribution is -2.59. The molecule has 2 aromatic heterocycles. The Morgan fingerprint density at radius 1 is 1.28 bits per heavy atom. The number of likely N-dealkylation sites (N-methyl/N-ethyl adjacent to an activating group) is 1. The third-order valence-corrected chi connectivity index (χ3v) is 6.21. The van der Waals surface area contributed by atoms with Gasteiger partial charge in [0.25, 0.3) is 5.91 Å². The third kappa shape index (κ3) is 5.51. The van der Waals surface area contributed by atoms with E-state index in [1.54, 1.807) is 24.1 Å². The number of aromatic nitrogens is 3.